The second-order valence-electron chi connectivity index (χ2n) is 6.67. The number of aryl methyl sites for hydroxylation is 2. The highest BCUT2D eigenvalue weighted by molar-refractivity contribution is 7.20. The zero-order chi connectivity index (χ0) is 19.7. The van der Waals surface area contributed by atoms with Crippen LogP contribution in [0, 0.1) is 18.3 Å². The average molecular weight is 406 g/mol. The van der Waals surface area contributed by atoms with Crippen LogP contribution in [0.4, 0.5) is 0 Å². The van der Waals surface area contributed by atoms with Crippen molar-refractivity contribution in [3.63, 3.8) is 0 Å². The summed E-state index contributed by atoms with van der Waals surface area (Å²) in [5.74, 6) is 0.807. The zero-order valence-corrected chi connectivity index (χ0v) is 17.4. The van der Waals surface area contributed by atoms with Crippen LogP contribution in [0.3, 0.4) is 0 Å². The summed E-state index contributed by atoms with van der Waals surface area (Å²) in [6, 6.07) is 13.7. The van der Waals surface area contributed by atoms with E-state index in [0.717, 1.165) is 44.4 Å². The number of benzene rings is 1. The minimum atomic E-state index is 0.00330. The highest BCUT2D eigenvalue weighted by Gasteiger charge is 2.20. The van der Waals surface area contributed by atoms with Crippen LogP contribution in [0.2, 0.25) is 0 Å². The van der Waals surface area contributed by atoms with Gasteiger partial charge in [-0.1, -0.05) is 25.1 Å². The first kappa shape index (κ1) is 18.6. The summed E-state index contributed by atoms with van der Waals surface area (Å²) < 4.78 is 1.78. The van der Waals surface area contributed by atoms with Crippen LogP contribution < -0.4 is 5.56 Å². The molecule has 0 N–H and O–H groups in total. The molecule has 0 bridgehead atoms. The first-order chi connectivity index (χ1) is 13.6. The fraction of sp³-hybridized carbons (Fsp3) is 0.227. The van der Waals surface area contributed by atoms with Gasteiger partial charge in [-0.25, -0.2) is 4.98 Å². The molecule has 0 aliphatic carbocycles. The lowest BCUT2D eigenvalue weighted by molar-refractivity contribution is 0.666. The Kier molecular flexibility index (Phi) is 5.12. The molecule has 6 heteroatoms. The molecular formula is C22H19N3OS2. The van der Waals surface area contributed by atoms with Crippen molar-refractivity contribution >= 4 is 32.9 Å². The van der Waals surface area contributed by atoms with E-state index in [1.165, 1.54) is 0 Å². The number of aromatic nitrogens is 2. The Hall–Kier alpha value is -2.75. The third-order valence-electron chi connectivity index (χ3n) is 4.70. The van der Waals surface area contributed by atoms with E-state index in [1.807, 2.05) is 29.6 Å². The first-order valence-electron chi connectivity index (χ1n) is 9.18. The number of nitrogens with zero attached hydrogens (tertiary/aromatic N) is 3. The number of fused-ring (bicyclic) bond motifs is 1. The van der Waals surface area contributed by atoms with E-state index >= 15 is 0 Å². The smallest absolute Gasteiger partial charge is 0.263 e. The maximum absolute atomic E-state index is 13.6. The molecule has 3 heterocycles. The van der Waals surface area contributed by atoms with E-state index in [0.29, 0.717) is 17.5 Å². The Morgan fingerprint density at radius 1 is 1.25 bits per heavy atom. The van der Waals surface area contributed by atoms with E-state index in [9.17, 15) is 10.1 Å². The number of hydrogen-bond donors (Lipinski definition) is 0. The second-order valence-corrected chi connectivity index (χ2v) is 8.82. The molecule has 4 aromatic rings. The summed E-state index contributed by atoms with van der Waals surface area (Å²) in [6.07, 6.45) is 1.66. The highest BCUT2D eigenvalue weighted by Crippen LogP contribution is 2.38. The lowest BCUT2D eigenvalue weighted by atomic mass is 10.1. The first-order valence-corrected chi connectivity index (χ1v) is 10.9. The van der Waals surface area contributed by atoms with E-state index < -0.39 is 0 Å². The van der Waals surface area contributed by atoms with E-state index in [2.05, 4.69) is 26.0 Å². The second kappa shape index (κ2) is 7.70. The van der Waals surface area contributed by atoms with Gasteiger partial charge in [0.2, 0.25) is 0 Å². The van der Waals surface area contributed by atoms with Gasteiger partial charge in [0, 0.05) is 21.7 Å². The fourth-order valence-electron chi connectivity index (χ4n) is 3.45. The van der Waals surface area contributed by atoms with Crippen molar-refractivity contribution < 1.29 is 0 Å². The molecule has 0 aliphatic heterocycles. The van der Waals surface area contributed by atoms with Gasteiger partial charge >= 0.3 is 0 Å². The van der Waals surface area contributed by atoms with Crippen molar-refractivity contribution in [1.82, 2.24) is 9.55 Å². The van der Waals surface area contributed by atoms with Crippen molar-refractivity contribution in [2.45, 2.75) is 33.2 Å². The lowest BCUT2D eigenvalue weighted by Gasteiger charge is -2.13. The SMILES string of the molecule is CCCc1nc2sc(C)c(-c3cccs3)c2c(=O)n1Cc1cccc(C#N)c1. The molecule has 4 rings (SSSR count). The third kappa shape index (κ3) is 3.28. The van der Waals surface area contributed by atoms with Gasteiger partial charge in [0.05, 0.1) is 23.6 Å². The number of thiophene rings is 2. The molecule has 0 aliphatic rings. The topological polar surface area (TPSA) is 58.7 Å². The van der Waals surface area contributed by atoms with Crippen molar-refractivity contribution in [3.8, 4) is 16.5 Å². The molecule has 0 fully saturated rings. The van der Waals surface area contributed by atoms with E-state index in [4.69, 9.17) is 4.98 Å². The standard InChI is InChI=1S/C22H19N3OS2/c1-3-6-18-24-21-20(19(14(2)28-21)17-9-5-10-27-17)22(26)25(18)13-16-8-4-7-15(11-16)12-23/h4-5,7-11H,3,6,13H2,1-2H3. The monoisotopic (exact) mass is 405 g/mol. The Morgan fingerprint density at radius 2 is 2.11 bits per heavy atom. The Labute approximate surface area is 171 Å². The molecule has 0 saturated heterocycles. The predicted octanol–water partition coefficient (Wildman–Crippen LogP) is 5.37. The molecule has 0 saturated carbocycles. The Balaban J connectivity index is 1.94. The van der Waals surface area contributed by atoms with Gasteiger partial charge in [-0.05, 0) is 42.5 Å². The maximum Gasteiger partial charge on any atom is 0.263 e. The third-order valence-corrected chi connectivity index (χ3v) is 6.59. The van der Waals surface area contributed by atoms with Crippen molar-refractivity contribution in [2.24, 2.45) is 0 Å². The van der Waals surface area contributed by atoms with Gasteiger partial charge in [0.25, 0.3) is 5.56 Å². The average Bonchev–Trinajstić information content (AvgIpc) is 3.32. The molecule has 1 aromatic carbocycles. The molecule has 0 amide bonds. The number of rotatable bonds is 5. The normalized spacial score (nSPS) is 11.0. The number of hydrogen-bond acceptors (Lipinski definition) is 5. The minimum Gasteiger partial charge on any atom is -0.292 e. The van der Waals surface area contributed by atoms with Gasteiger partial charge < -0.3 is 0 Å². The Morgan fingerprint density at radius 3 is 2.82 bits per heavy atom. The summed E-state index contributed by atoms with van der Waals surface area (Å²) in [5, 5.41) is 11.9. The molecule has 0 radical (unpaired) electrons. The molecule has 3 aromatic heterocycles. The largest absolute Gasteiger partial charge is 0.292 e. The number of nitriles is 1. The predicted molar refractivity (Wildman–Crippen MR) is 116 cm³/mol. The summed E-state index contributed by atoms with van der Waals surface area (Å²) in [5.41, 5.74) is 2.55. The fourth-order valence-corrected chi connectivity index (χ4v) is 5.40. The summed E-state index contributed by atoms with van der Waals surface area (Å²) in [6.45, 7) is 4.57. The van der Waals surface area contributed by atoms with Gasteiger partial charge in [-0.15, -0.1) is 22.7 Å². The molecule has 140 valence electrons. The van der Waals surface area contributed by atoms with Crippen LogP contribution in [-0.4, -0.2) is 9.55 Å². The van der Waals surface area contributed by atoms with Crippen molar-refractivity contribution in [2.75, 3.05) is 0 Å². The van der Waals surface area contributed by atoms with Crippen molar-refractivity contribution in [3.05, 3.63) is 74.0 Å². The summed E-state index contributed by atoms with van der Waals surface area (Å²) in [4.78, 5) is 21.5. The summed E-state index contributed by atoms with van der Waals surface area (Å²) in [7, 11) is 0. The van der Waals surface area contributed by atoms with Gasteiger partial charge in [-0.3, -0.25) is 9.36 Å². The summed E-state index contributed by atoms with van der Waals surface area (Å²) >= 11 is 3.23. The van der Waals surface area contributed by atoms with Crippen molar-refractivity contribution in [1.29, 1.82) is 5.26 Å². The van der Waals surface area contributed by atoms with Crippen LogP contribution in [0.25, 0.3) is 20.7 Å². The quantitative estimate of drug-likeness (QED) is 0.449. The van der Waals surface area contributed by atoms with E-state index in [1.54, 1.807) is 33.3 Å². The van der Waals surface area contributed by atoms with E-state index in [-0.39, 0.29) is 5.56 Å². The molecule has 4 nitrogen and oxygen atoms in total. The molecule has 0 spiro atoms. The highest BCUT2D eigenvalue weighted by atomic mass is 32.1. The van der Waals surface area contributed by atoms with Crippen LogP contribution in [0.15, 0.2) is 46.6 Å². The molecule has 28 heavy (non-hydrogen) atoms. The van der Waals surface area contributed by atoms with Crippen LogP contribution in [-0.2, 0) is 13.0 Å². The van der Waals surface area contributed by atoms with Crippen LogP contribution in [0.1, 0.15) is 35.2 Å². The van der Waals surface area contributed by atoms with Gasteiger partial charge in [0.15, 0.2) is 0 Å². The van der Waals surface area contributed by atoms with Gasteiger partial charge in [-0.2, -0.15) is 5.26 Å². The lowest BCUT2D eigenvalue weighted by Crippen LogP contribution is -2.25. The molecule has 0 atom stereocenters. The van der Waals surface area contributed by atoms with Crippen LogP contribution in [0.5, 0.6) is 0 Å². The zero-order valence-electron chi connectivity index (χ0n) is 15.7. The van der Waals surface area contributed by atoms with Crippen LogP contribution >= 0.6 is 22.7 Å². The molecule has 0 unspecified atom stereocenters. The molecular weight excluding hydrogens is 386 g/mol. The van der Waals surface area contributed by atoms with Gasteiger partial charge in [0.1, 0.15) is 10.7 Å². The maximum atomic E-state index is 13.6. The Bertz CT molecular complexity index is 1240. The minimum absolute atomic E-state index is 0.00330.